The summed E-state index contributed by atoms with van der Waals surface area (Å²) in [6, 6.07) is 1.74. The average molecular weight is 381 g/mol. The molecule has 0 saturated carbocycles. The summed E-state index contributed by atoms with van der Waals surface area (Å²) in [5.74, 6) is -1.05. The molecule has 0 saturated heterocycles. The molecule has 1 N–H and O–H groups in total. The SMILES string of the molecule is O=S(=O)([O-])c1cc(O)c2c(S(=O)(=O)[O-])cc(S(=O)(=O)[O-])cc2c1. The summed E-state index contributed by atoms with van der Waals surface area (Å²) < 4.78 is 99.6. The summed E-state index contributed by atoms with van der Waals surface area (Å²) in [5, 5.41) is 8.42. The number of phenols is 1. The van der Waals surface area contributed by atoms with Crippen LogP contribution in [0.3, 0.4) is 0 Å². The van der Waals surface area contributed by atoms with Gasteiger partial charge in [0.2, 0.25) is 0 Å². The number of benzene rings is 2. The van der Waals surface area contributed by atoms with Gasteiger partial charge in [-0.05, 0) is 29.7 Å². The highest BCUT2D eigenvalue weighted by Crippen LogP contribution is 2.35. The second kappa shape index (κ2) is 5.12. The van der Waals surface area contributed by atoms with Crippen LogP contribution in [0.1, 0.15) is 0 Å². The van der Waals surface area contributed by atoms with E-state index in [4.69, 9.17) is 0 Å². The van der Waals surface area contributed by atoms with Gasteiger partial charge in [-0.3, -0.25) is 0 Å². The standard InChI is InChI=1S/C10H8O10S3/c11-8-3-6(21(12,13)14)1-5-2-7(22(15,16)17)4-9(10(5)8)23(18,19)20/h1-4,11H,(H,12,13,14)(H,15,16,17)(H,18,19,20)/p-3. The number of hydrogen-bond donors (Lipinski definition) is 1. The van der Waals surface area contributed by atoms with Gasteiger partial charge in [-0.25, -0.2) is 25.3 Å². The van der Waals surface area contributed by atoms with Gasteiger partial charge >= 0.3 is 0 Å². The highest BCUT2D eigenvalue weighted by atomic mass is 32.2. The van der Waals surface area contributed by atoms with Crippen LogP contribution in [-0.2, 0) is 30.4 Å². The predicted molar refractivity (Wildman–Crippen MR) is 69.5 cm³/mol. The van der Waals surface area contributed by atoms with Gasteiger partial charge in [0.1, 0.15) is 36.1 Å². The Balaban J connectivity index is 3.12. The molecule has 0 bridgehead atoms. The molecule has 23 heavy (non-hydrogen) atoms. The minimum Gasteiger partial charge on any atom is -0.744 e. The lowest BCUT2D eigenvalue weighted by Gasteiger charge is -2.17. The Kier molecular flexibility index (Phi) is 3.91. The molecule has 10 nitrogen and oxygen atoms in total. The summed E-state index contributed by atoms with van der Waals surface area (Å²) in [4.78, 5) is -3.38. The fraction of sp³-hybridized carbons (Fsp3) is 0. The number of fused-ring (bicyclic) bond motifs is 1. The molecule has 0 amide bonds. The van der Waals surface area contributed by atoms with Gasteiger partial charge in [0.15, 0.2) is 0 Å². The van der Waals surface area contributed by atoms with E-state index in [0.29, 0.717) is 18.2 Å². The number of rotatable bonds is 3. The number of aromatic hydroxyl groups is 1. The van der Waals surface area contributed by atoms with Gasteiger partial charge in [-0.2, -0.15) is 0 Å². The molecule has 2 aromatic carbocycles. The fourth-order valence-corrected chi connectivity index (χ4v) is 3.77. The fourth-order valence-electron chi connectivity index (χ4n) is 1.89. The topological polar surface area (TPSA) is 192 Å². The maximum absolute atomic E-state index is 11.2. The van der Waals surface area contributed by atoms with Crippen LogP contribution in [0.15, 0.2) is 39.0 Å². The molecule has 0 heterocycles. The molecule has 0 atom stereocenters. The summed E-state index contributed by atoms with van der Waals surface area (Å²) in [7, 11) is -15.6. The van der Waals surface area contributed by atoms with E-state index in [-0.39, 0.29) is 6.07 Å². The van der Waals surface area contributed by atoms with E-state index in [1.807, 2.05) is 0 Å². The Bertz CT molecular complexity index is 1120. The minimum absolute atomic E-state index is 0.248. The number of hydrogen-bond acceptors (Lipinski definition) is 10. The highest BCUT2D eigenvalue weighted by Gasteiger charge is 2.18. The zero-order valence-corrected chi connectivity index (χ0v) is 13.1. The molecule has 0 aliphatic rings. The lowest BCUT2D eigenvalue weighted by molar-refractivity contribution is 0.457. The zero-order chi connectivity index (χ0) is 17.8. The first-order valence-electron chi connectivity index (χ1n) is 5.40. The normalized spacial score (nSPS) is 13.3. The molecule has 126 valence electrons. The summed E-state index contributed by atoms with van der Waals surface area (Å²) >= 11 is 0. The van der Waals surface area contributed by atoms with Crippen LogP contribution in [0, 0.1) is 0 Å². The van der Waals surface area contributed by atoms with E-state index in [9.17, 15) is 44.0 Å². The molecule has 0 spiro atoms. The van der Waals surface area contributed by atoms with Crippen molar-refractivity contribution in [3.05, 3.63) is 24.3 Å². The van der Waals surface area contributed by atoms with E-state index in [2.05, 4.69) is 0 Å². The van der Waals surface area contributed by atoms with Crippen molar-refractivity contribution in [2.24, 2.45) is 0 Å². The molecule has 2 rings (SSSR count). The van der Waals surface area contributed by atoms with Crippen molar-refractivity contribution in [2.75, 3.05) is 0 Å². The van der Waals surface area contributed by atoms with E-state index in [1.165, 1.54) is 0 Å². The maximum atomic E-state index is 11.2. The molecule has 0 unspecified atom stereocenters. The summed E-state index contributed by atoms with van der Waals surface area (Å²) in [6.07, 6.45) is 0. The van der Waals surface area contributed by atoms with Crippen molar-refractivity contribution < 1.29 is 44.0 Å². The molecule has 2 aromatic rings. The lowest BCUT2D eigenvalue weighted by atomic mass is 10.1. The third kappa shape index (κ3) is 3.44. The van der Waals surface area contributed by atoms with Gasteiger partial charge in [0, 0.05) is 5.39 Å². The highest BCUT2D eigenvalue weighted by molar-refractivity contribution is 7.87. The third-order valence-corrected chi connectivity index (χ3v) is 5.27. The van der Waals surface area contributed by atoms with E-state index in [0.717, 1.165) is 0 Å². The Labute approximate surface area is 130 Å². The largest absolute Gasteiger partial charge is 0.744 e. The first-order chi connectivity index (χ1) is 10.2. The molecule has 0 fully saturated rings. The lowest BCUT2D eigenvalue weighted by Crippen LogP contribution is -2.06. The van der Waals surface area contributed by atoms with Crippen molar-refractivity contribution >= 4 is 41.1 Å². The van der Waals surface area contributed by atoms with Crippen LogP contribution in [-0.4, -0.2) is 44.0 Å². The summed E-state index contributed by atoms with van der Waals surface area (Å²) in [6.45, 7) is 0. The van der Waals surface area contributed by atoms with E-state index < -0.39 is 61.6 Å². The molecule has 0 aliphatic heterocycles. The zero-order valence-electron chi connectivity index (χ0n) is 10.7. The van der Waals surface area contributed by atoms with Crippen molar-refractivity contribution in [1.82, 2.24) is 0 Å². The Morgan fingerprint density at radius 3 is 1.52 bits per heavy atom. The maximum Gasteiger partial charge on any atom is 0.125 e. The van der Waals surface area contributed by atoms with Crippen LogP contribution < -0.4 is 0 Å². The molecule has 0 radical (unpaired) electrons. The number of phenolic OH excluding ortho intramolecular Hbond substituents is 1. The van der Waals surface area contributed by atoms with E-state index >= 15 is 0 Å². The van der Waals surface area contributed by atoms with Crippen LogP contribution in [0.5, 0.6) is 5.75 Å². The molecule has 13 heteroatoms. The van der Waals surface area contributed by atoms with Gasteiger partial charge in [-0.15, -0.1) is 0 Å². The monoisotopic (exact) mass is 381 g/mol. The Morgan fingerprint density at radius 2 is 1.13 bits per heavy atom. The van der Waals surface area contributed by atoms with Gasteiger partial charge < -0.3 is 18.8 Å². The average Bonchev–Trinajstić information content (AvgIpc) is 2.33. The van der Waals surface area contributed by atoms with Crippen LogP contribution in [0.25, 0.3) is 10.8 Å². The quantitative estimate of drug-likeness (QED) is 0.662. The van der Waals surface area contributed by atoms with E-state index in [1.54, 1.807) is 0 Å². The van der Waals surface area contributed by atoms with Crippen molar-refractivity contribution in [2.45, 2.75) is 14.7 Å². The van der Waals surface area contributed by atoms with Crippen molar-refractivity contribution in [3.8, 4) is 5.75 Å². The Hall–Kier alpha value is -1.77. The van der Waals surface area contributed by atoms with Gasteiger partial charge in [0.25, 0.3) is 0 Å². The minimum atomic E-state index is -5.32. The molecule has 0 aromatic heterocycles. The second-order valence-electron chi connectivity index (χ2n) is 4.32. The molecular weight excluding hydrogens is 376 g/mol. The first kappa shape index (κ1) is 17.6. The van der Waals surface area contributed by atoms with Gasteiger partial charge in [-0.1, -0.05) is 0 Å². The first-order valence-corrected chi connectivity index (χ1v) is 9.62. The van der Waals surface area contributed by atoms with Crippen molar-refractivity contribution in [1.29, 1.82) is 0 Å². The van der Waals surface area contributed by atoms with Crippen LogP contribution in [0.2, 0.25) is 0 Å². The smallest absolute Gasteiger partial charge is 0.125 e. The van der Waals surface area contributed by atoms with Crippen molar-refractivity contribution in [3.63, 3.8) is 0 Å². The second-order valence-corrected chi connectivity index (χ2v) is 8.43. The summed E-state index contributed by atoms with van der Waals surface area (Å²) in [5.41, 5.74) is 0. The van der Waals surface area contributed by atoms with Gasteiger partial charge in [0.05, 0.1) is 14.7 Å². The van der Waals surface area contributed by atoms with Crippen LogP contribution >= 0.6 is 0 Å². The van der Waals surface area contributed by atoms with Crippen LogP contribution in [0.4, 0.5) is 0 Å². The Morgan fingerprint density at radius 1 is 0.696 bits per heavy atom. The third-order valence-electron chi connectivity index (χ3n) is 2.79. The molecule has 0 aliphatic carbocycles. The predicted octanol–water partition coefficient (Wildman–Crippen LogP) is -0.742. The molecular formula is C10H5O10S3-3.